The number of nitrogens with zero attached hydrogens (tertiary/aromatic N) is 3. The molecule has 2 aliphatic rings. The maximum atomic E-state index is 12.6. The lowest BCUT2D eigenvalue weighted by atomic mass is 10.0. The topological polar surface area (TPSA) is 65.4 Å². The summed E-state index contributed by atoms with van der Waals surface area (Å²) >= 11 is 0. The van der Waals surface area contributed by atoms with Crippen molar-refractivity contribution in [1.29, 1.82) is 0 Å². The number of hydrogen-bond acceptors (Lipinski definition) is 4. The van der Waals surface area contributed by atoms with Crippen molar-refractivity contribution >= 4 is 5.91 Å². The highest BCUT2D eigenvalue weighted by atomic mass is 16.3. The van der Waals surface area contributed by atoms with Gasteiger partial charge in [-0.3, -0.25) is 14.8 Å². The number of carbonyl (C=O) groups excluding carboxylic acids is 1. The summed E-state index contributed by atoms with van der Waals surface area (Å²) in [5.41, 5.74) is 2.79. The number of carbonyl (C=O) groups is 1. The molecule has 0 unspecified atom stereocenters. The Morgan fingerprint density at radius 3 is 2.95 bits per heavy atom. The molecule has 1 saturated heterocycles. The molecular weight excluding hydrogens is 280 g/mol. The number of fused-ring (bicyclic) bond motifs is 1. The van der Waals surface area contributed by atoms with Crippen LogP contribution in [0.5, 0.6) is 0 Å². The number of aromatic amines is 1. The summed E-state index contributed by atoms with van der Waals surface area (Å²) in [5.74, 6) is 1.04. The Balaban J connectivity index is 1.52. The molecule has 4 rings (SSSR count). The van der Waals surface area contributed by atoms with Crippen LogP contribution in [0, 0.1) is 0 Å². The van der Waals surface area contributed by atoms with Gasteiger partial charge in [0.1, 0.15) is 5.76 Å². The molecule has 6 nitrogen and oxygen atoms in total. The molecule has 0 aliphatic carbocycles. The highest BCUT2D eigenvalue weighted by Gasteiger charge is 2.29. The average molecular weight is 300 g/mol. The van der Waals surface area contributed by atoms with Gasteiger partial charge in [0.2, 0.25) is 0 Å². The molecule has 116 valence electrons. The summed E-state index contributed by atoms with van der Waals surface area (Å²) in [6, 6.07) is 3.89. The number of hydrogen-bond donors (Lipinski definition) is 1. The zero-order valence-corrected chi connectivity index (χ0v) is 12.5. The van der Waals surface area contributed by atoms with E-state index in [2.05, 4.69) is 15.1 Å². The number of nitrogens with one attached hydrogen (secondary N) is 1. The predicted molar refractivity (Wildman–Crippen MR) is 80.3 cm³/mol. The van der Waals surface area contributed by atoms with Crippen LogP contribution in [0.1, 0.15) is 40.3 Å². The van der Waals surface area contributed by atoms with E-state index in [0.29, 0.717) is 5.69 Å². The van der Waals surface area contributed by atoms with Crippen molar-refractivity contribution < 1.29 is 9.21 Å². The van der Waals surface area contributed by atoms with E-state index in [1.165, 1.54) is 0 Å². The maximum absolute atomic E-state index is 12.6. The van der Waals surface area contributed by atoms with E-state index in [0.717, 1.165) is 69.0 Å². The molecule has 2 aromatic rings. The van der Waals surface area contributed by atoms with Crippen LogP contribution in [0.4, 0.5) is 0 Å². The second-order valence-electron chi connectivity index (χ2n) is 6.07. The quantitative estimate of drug-likeness (QED) is 0.938. The Morgan fingerprint density at radius 2 is 2.18 bits per heavy atom. The normalized spacial score (nSPS) is 18.6. The zero-order valence-electron chi connectivity index (χ0n) is 12.5. The molecule has 2 aliphatic heterocycles. The predicted octanol–water partition coefficient (Wildman–Crippen LogP) is 1.80. The molecule has 0 saturated carbocycles. The van der Waals surface area contributed by atoms with Crippen molar-refractivity contribution in [2.45, 2.75) is 32.4 Å². The van der Waals surface area contributed by atoms with Gasteiger partial charge >= 0.3 is 0 Å². The van der Waals surface area contributed by atoms with Crippen LogP contribution in [-0.2, 0) is 19.5 Å². The van der Waals surface area contributed by atoms with Gasteiger partial charge in [-0.1, -0.05) is 0 Å². The molecule has 0 spiro atoms. The summed E-state index contributed by atoms with van der Waals surface area (Å²) in [7, 11) is 0. The van der Waals surface area contributed by atoms with Crippen molar-refractivity contribution in [2.24, 2.45) is 0 Å². The zero-order chi connectivity index (χ0) is 14.9. The summed E-state index contributed by atoms with van der Waals surface area (Å²) in [4.78, 5) is 16.8. The van der Waals surface area contributed by atoms with Crippen LogP contribution in [0.2, 0.25) is 0 Å². The van der Waals surface area contributed by atoms with Crippen molar-refractivity contribution in [2.75, 3.05) is 19.6 Å². The molecule has 0 bridgehead atoms. The fourth-order valence-corrected chi connectivity index (χ4v) is 3.36. The van der Waals surface area contributed by atoms with Gasteiger partial charge in [-0.05, 0) is 25.0 Å². The van der Waals surface area contributed by atoms with Crippen molar-refractivity contribution in [3.8, 4) is 0 Å². The van der Waals surface area contributed by atoms with Gasteiger partial charge in [-0.2, -0.15) is 5.10 Å². The lowest BCUT2D eigenvalue weighted by Gasteiger charge is -2.26. The molecule has 4 heterocycles. The molecule has 0 radical (unpaired) electrons. The van der Waals surface area contributed by atoms with Crippen LogP contribution in [0.15, 0.2) is 22.8 Å². The first-order chi connectivity index (χ1) is 10.8. The lowest BCUT2D eigenvalue weighted by molar-refractivity contribution is 0.0784. The number of rotatable bonds is 3. The van der Waals surface area contributed by atoms with Gasteiger partial charge in [0, 0.05) is 43.9 Å². The van der Waals surface area contributed by atoms with Gasteiger partial charge in [-0.15, -0.1) is 0 Å². The van der Waals surface area contributed by atoms with E-state index in [4.69, 9.17) is 4.42 Å². The largest absolute Gasteiger partial charge is 0.468 e. The standard InChI is InChI=1S/C16H20N4O2/c21-16(20-6-1-2-7-20)15-13-11-19(8-5-14(13)17-18-15)10-12-4-3-9-22-12/h3-4,9H,1-2,5-8,10-11H2,(H,17,18). The first-order valence-corrected chi connectivity index (χ1v) is 7.91. The van der Waals surface area contributed by atoms with Gasteiger partial charge in [0.05, 0.1) is 12.8 Å². The van der Waals surface area contributed by atoms with Crippen molar-refractivity contribution in [1.82, 2.24) is 20.0 Å². The molecular formula is C16H20N4O2. The summed E-state index contributed by atoms with van der Waals surface area (Å²) in [5, 5.41) is 7.37. The van der Waals surface area contributed by atoms with E-state index in [-0.39, 0.29) is 5.91 Å². The molecule has 0 aromatic carbocycles. The van der Waals surface area contributed by atoms with Crippen LogP contribution < -0.4 is 0 Å². The SMILES string of the molecule is O=C(c1n[nH]c2c1CN(Cc1ccco1)CC2)N1CCCC1. The minimum Gasteiger partial charge on any atom is -0.468 e. The van der Waals surface area contributed by atoms with Crippen molar-refractivity contribution in [3.05, 3.63) is 41.1 Å². The van der Waals surface area contributed by atoms with Gasteiger partial charge in [0.25, 0.3) is 5.91 Å². The highest BCUT2D eigenvalue weighted by Crippen LogP contribution is 2.24. The molecule has 22 heavy (non-hydrogen) atoms. The minimum absolute atomic E-state index is 0.0786. The summed E-state index contributed by atoms with van der Waals surface area (Å²) in [6.07, 6.45) is 4.80. The van der Waals surface area contributed by atoms with Crippen LogP contribution >= 0.6 is 0 Å². The molecule has 1 N–H and O–H groups in total. The Labute approximate surface area is 129 Å². The third-order valence-corrected chi connectivity index (χ3v) is 4.57. The molecule has 2 aromatic heterocycles. The number of likely N-dealkylation sites (tertiary alicyclic amines) is 1. The fourth-order valence-electron chi connectivity index (χ4n) is 3.36. The number of amides is 1. The third-order valence-electron chi connectivity index (χ3n) is 4.57. The first-order valence-electron chi connectivity index (χ1n) is 7.91. The molecule has 6 heteroatoms. The molecule has 1 amide bonds. The summed E-state index contributed by atoms with van der Waals surface area (Å²) in [6.45, 7) is 4.19. The Kier molecular flexibility index (Phi) is 3.46. The number of furan rings is 1. The van der Waals surface area contributed by atoms with Gasteiger partial charge < -0.3 is 9.32 Å². The van der Waals surface area contributed by atoms with E-state index in [1.54, 1.807) is 6.26 Å². The van der Waals surface area contributed by atoms with Crippen LogP contribution in [0.3, 0.4) is 0 Å². The first kappa shape index (κ1) is 13.6. The minimum atomic E-state index is 0.0786. The number of H-pyrrole nitrogens is 1. The van der Waals surface area contributed by atoms with Crippen LogP contribution in [0.25, 0.3) is 0 Å². The van der Waals surface area contributed by atoms with Gasteiger partial charge in [0.15, 0.2) is 5.69 Å². The third kappa shape index (κ3) is 2.43. The lowest BCUT2D eigenvalue weighted by Crippen LogP contribution is -2.33. The average Bonchev–Trinajstić information content (AvgIpc) is 3.28. The van der Waals surface area contributed by atoms with Crippen molar-refractivity contribution in [3.63, 3.8) is 0 Å². The Bertz CT molecular complexity index is 656. The highest BCUT2D eigenvalue weighted by molar-refractivity contribution is 5.94. The maximum Gasteiger partial charge on any atom is 0.274 e. The number of aromatic nitrogens is 2. The van der Waals surface area contributed by atoms with Gasteiger partial charge in [-0.25, -0.2) is 0 Å². The Hall–Kier alpha value is -2.08. The molecule has 0 atom stereocenters. The van der Waals surface area contributed by atoms with E-state index >= 15 is 0 Å². The van der Waals surface area contributed by atoms with E-state index in [1.807, 2.05) is 17.0 Å². The second-order valence-corrected chi connectivity index (χ2v) is 6.07. The smallest absolute Gasteiger partial charge is 0.274 e. The summed E-state index contributed by atoms with van der Waals surface area (Å²) < 4.78 is 5.42. The van der Waals surface area contributed by atoms with E-state index < -0.39 is 0 Å². The Morgan fingerprint density at radius 1 is 1.32 bits per heavy atom. The van der Waals surface area contributed by atoms with Crippen LogP contribution in [-0.4, -0.2) is 45.5 Å². The monoisotopic (exact) mass is 300 g/mol. The fraction of sp³-hybridized carbons (Fsp3) is 0.500. The molecule has 1 fully saturated rings. The second kappa shape index (κ2) is 5.61. The van der Waals surface area contributed by atoms with E-state index in [9.17, 15) is 4.79 Å².